The lowest BCUT2D eigenvalue weighted by Crippen LogP contribution is -2.34. The summed E-state index contributed by atoms with van der Waals surface area (Å²) in [6.07, 6.45) is 3.18. The zero-order valence-corrected chi connectivity index (χ0v) is 13.3. The van der Waals surface area contributed by atoms with E-state index < -0.39 is 11.7 Å². The molecule has 0 aromatic heterocycles. The van der Waals surface area contributed by atoms with E-state index in [4.69, 9.17) is 21.2 Å². The van der Waals surface area contributed by atoms with Crippen LogP contribution in [0.4, 0.5) is 0 Å². The lowest BCUT2D eigenvalue weighted by atomic mass is 9.92. The molecule has 2 rings (SSSR count). The van der Waals surface area contributed by atoms with E-state index in [0.717, 1.165) is 5.56 Å². The Morgan fingerprint density at radius 1 is 1.43 bits per heavy atom. The minimum atomic E-state index is -0.719. The van der Waals surface area contributed by atoms with Crippen molar-refractivity contribution in [1.82, 2.24) is 5.06 Å². The van der Waals surface area contributed by atoms with Crippen LogP contribution in [0, 0.1) is 5.41 Å². The van der Waals surface area contributed by atoms with Gasteiger partial charge in [0.2, 0.25) is 0 Å². The Kier molecular flexibility index (Phi) is 5.04. The van der Waals surface area contributed by atoms with Gasteiger partial charge >= 0.3 is 0 Å². The summed E-state index contributed by atoms with van der Waals surface area (Å²) in [6, 6.07) is 7.40. The summed E-state index contributed by atoms with van der Waals surface area (Å²) in [7, 11) is 0. The number of allylic oxidation sites excluding steroid dienone is 1. The standard InChI is InChI=1S/C16H20ClNO3/c1-4-5-10-20-15-16(2,3)14(19)18(21-15)11-12-8-6-7-9-13(12)17/h4-9,15H,10-11H2,1-3H3. The number of hydrogen-bond donors (Lipinski definition) is 0. The third-order valence-corrected chi connectivity index (χ3v) is 3.81. The first-order chi connectivity index (χ1) is 9.96. The Balaban J connectivity index is 2.08. The monoisotopic (exact) mass is 309 g/mol. The number of carbonyl (C=O) groups excluding carboxylic acids is 1. The Hall–Kier alpha value is -1.36. The van der Waals surface area contributed by atoms with Crippen LogP contribution in [0.3, 0.4) is 0 Å². The van der Waals surface area contributed by atoms with E-state index in [2.05, 4.69) is 0 Å². The molecule has 1 aromatic rings. The summed E-state index contributed by atoms with van der Waals surface area (Å²) < 4.78 is 5.62. The fourth-order valence-electron chi connectivity index (χ4n) is 2.09. The van der Waals surface area contributed by atoms with Gasteiger partial charge in [-0.25, -0.2) is 9.90 Å². The normalized spacial score (nSPS) is 21.4. The van der Waals surface area contributed by atoms with Crippen molar-refractivity contribution < 1.29 is 14.4 Å². The third kappa shape index (κ3) is 3.46. The Labute approximate surface area is 130 Å². The first-order valence-corrected chi connectivity index (χ1v) is 7.29. The van der Waals surface area contributed by atoms with Gasteiger partial charge in [-0.1, -0.05) is 42.0 Å². The zero-order valence-electron chi connectivity index (χ0n) is 12.5. The first-order valence-electron chi connectivity index (χ1n) is 6.91. The molecule has 1 aliphatic heterocycles. The van der Waals surface area contributed by atoms with Gasteiger partial charge in [-0.15, -0.1) is 0 Å². The van der Waals surface area contributed by atoms with Crippen molar-refractivity contribution in [3.63, 3.8) is 0 Å². The Morgan fingerprint density at radius 2 is 2.14 bits per heavy atom. The summed E-state index contributed by atoms with van der Waals surface area (Å²) >= 11 is 6.13. The summed E-state index contributed by atoms with van der Waals surface area (Å²) in [5.41, 5.74) is 0.125. The molecule has 114 valence electrons. The molecule has 21 heavy (non-hydrogen) atoms. The second kappa shape index (κ2) is 6.60. The fraction of sp³-hybridized carbons (Fsp3) is 0.438. The molecule has 1 heterocycles. The number of nitrogens with zero attached hydrogens (tertiary/aromatic N) is 1. The molecule has 0 radical (unpaired) electrons. The molecule has 1 fully saturated rings. The van der Waals surface area contributed by atoms with Crippen LogP contribution in [0.5, 0.6) is 0 Å². The lowest BCUT2D eigenvalue weighted by molar-refractivity contribution is -0.244. The summed E-state index contributed by atoms with van der Waals surface area (Å²) in [5, 5.41) is 1.95. The number of ether oxygens (including phenoxy) is 1. The number of amides is 1. The molecule has 0 saturated carbocycles. The Bertz CT molecular complexity index is 542. The average Bonchev–Trinajstić information content (AvgIpc) is 2.66. The van der Waals surface area contributed by atoms with E-state index in [1.54, 1.807) is 6.07 Å². The van der Waals surface area contributed by atoms with Crippen molar-refractivity contribution in [2.45, 2.75) is 33.6 Å². The number of hydroxylamine groups is 2. The molecule has 1 amide bonds. The number of hydrogen-bond acceptors (Lipinski definition) is 3. The summed E-state index contributed by atoms with van der Waals surface area (Å²) in [4.78, 5) is 18.1. The predicted octanol–water partition coefficient (Wildman–Crippen LogP) is 3.56. The van der Waals surface area contributed by atoms with Crippen molar-refractivity contribution in [3.05, 3.63) is 47.0 Å². The van der Waals surface area contributed by atoms with Crippen LogP contribution in [0.25, 0.3) is 0 Å². The van der Waals surface area contributed by atoms with Gasteiger partial charge in [0.1, 0.15) is 0 Å². The van der Waals surface area contributed by atoms with Gasteiger partial charge in [-0.2, -0.15) is 0 Å². The maximum absolute atomic E-state index is 12.4. The maximum Gasteiger partial charge on any atom is 0.257 e. The van der Waals surface area contributed by atoms with Crippen LogP contribution in [0.1, 0.15) is 26.3 Å². The zero-order chi connectivity index (χ0) is 15.5. The smallest absolute Gasteiger partial charge is 0.257 e. The topological polar surface area (TPSA) is 38.8 Å². The second-order valence-electron chi connectivity index (χ2n) is 5.49. The van der Waals surface area contributed by atoms with E-state index in [0.29, 0.717) is 18.2 Å². The SMILES string of the molecule is CC=CCOC1ON(Cc2ccccc2Cl)C(=O)C1(C)C. The van der Waals surface area contributed by atoms with E-state index in [1.165, 1.54) is 5.06 Å². The molecule has 4 nitrogen and oxygen atoms in total. The van der Waals surface area contributed by atoms with Crippen LogP contribution < -0.4 is 0 Å². The van der Waals surface area contributed by atoms with Crippen molar-refractivity contribution in [2.24, 2.45) is 5.41 Å². The van der Waals surface area contributed by atoms with Crippen molar-refractivity contribution in [1.29, 1.82) is 0 Å². The summed E-state index contributed by atoms with van der Waals surface area (Å²) in [6.45, 7) is 6.28. The van der Waals surface area contributed by atoms with Gasteiger partial charge in [0.15, 0.2) is 6.29 Å². The predicted molar refractivity (Wildman–Crippen MR) is 81.4 cm³/mol. The van der Waals surface area contributed by atoms with Crippen LogP contribution in [-0.2, 0) is 20.9 Å². The highest BCUT2D eigenvalue weighted by Gasteiger charge is 2.49. The van der Waals surface area contributed by atoms with Gasteiger partial charge in [0.05, 0.1) is 18.6 Å². The first kappa shape index (κ1) is 16.0. The maximum atomic E-state index is 12.4. The molecule has 1 atom stereocenters. The van der Waals surface area contributed by atoms with E-state index in [-0.39, 0.29) is 5.91 Å². The largest absolute Gasteiger partial charge is 0.345 e. The third-order valence-electron chi connectivity index (χ3n) is 3.44. The second-order valence-corrected chi connectivity index (χ2v) is 5.90. The van der Waals surface area contributed by atoms with Gasteiger partial charge < -0.3 is 4.74 Å². The Morgan fingerprint density at radius 3 is 2.81 bits per heavy atom. The molecule has 1 unspecified atom stereocenters. The van der Waals surface area contributed by atoms with Gasteiger partial charge in [-0.3, -0.25) is 4.79 Å². The van der Waals surface area contributed by atoms with Crippen LogP contribution in [0.2, 0.25) is 5.02 Å². The van der Waals surface area contributed by atoms with Gasteiger partial charge in [-0.05, 0) is 32.4 Å². The van der Waals surface area contributed by atoms with E-state index in [1.807, 2.05) is 51.1 Å². The quantitative estimate of drug-likeness (QED) is 0.781. The molecule has 0 spiro atoms. The van der Waals surface area contributed by atoms with E-state index in [9.17, 15) is 4.79 Å². The van der Waals surface area contributed by atoms with Crippen molar-refractivity contribution in [3.8, 4) is 0 Å². The average molecular weight is 310 g/mol. The molecule has 5 heteroatoms. The van der Waals surface area contributed by atoms with Crippen LogP contribution in [-0.4, -0.2) is 23.9 Å². The van der Waals surface area contributed by atoms with E-state index >= 15 is 0 Å². The molecule has 0 bridgehead atoms. The molecule has 0 N–H and O–H groups in total. The molecule has 1 aliphatic rings. The van der Waals surface area contributed by atoms with Crippen molar-refractivity contribution in [2.75, 3.05) is 6.61 Å². The van der Waals surface area contributed by atoms with Crippen LogP contribution >= 0.6 is 11.6 Å². The van der Waals surface area contributed by atoms with Crippen molar-refractivity contribution >= 4 is 17.5 Å². The highest BCUT2D eigenvalue weighted by molar-refractivity contribution is 6.31. The molecular formula is C16H20ClNO3. The number of benzene rings is 1. The van der Waals surface area contributed by atoms with Gasteiger partial charge in [0, 0.05) is 5.02 Å². The molecule has 1 aromatic carbocycles. The molecule has 0 aliphatic carbocycles. The highest BCUT2D eigenvalue weighted by Crippen LogP contribution is 2.36. The fourth-order valence-corrected chi connectivity index (χ4v) is 2.28. The minimum absolute atomic E-state index is 0.104. The number of carbonyl (C=O) groups is 1. The number of rotatable bonds is 5. The highest BCUT2D eigenvalue weighted by atomic mass is 35.5. The molecular weight excluding hydrogens is 290 g/mol. The minimum Gasteiger partial charge on any atom is -0.345 e. The van der Waals surface area contributed by atoms with Crippen LogP contribution in [0.15, 0.2) is 36.4 Å². The molecule has 1 saturated heterocycles. The van der Waals surface area contributed by atoms with Gasteiger partial charge in [0.25, 0.3) is 5.91 Å². The summed E-state index contributed by atoms with van der Waals surface area (Å²) in [5.74, 6) is -0.104. The lowest BCUT2D eigenvalue weighted by Gasteiger charge is -2.20. The number of halogens is 1.